The van der Waals surface area contributed by atoms with E-state index < -0.39 is 52.6 Å². The van der Waals surface area contributed by atoms with Gasteiger partial charge >= 0.3 is 12.1 Å². The van der Waals surface area contributed by atoms with Gasteiger partial charge in [0.15, 0.2) is 6.61 Å². The predicted molar refractivity (Wildman–Crippen MR) is 106 cm³/mol. The topological polar surface area (TPSA) is 119 Å². The number of nitro groups is 1. The van der Waals surface area contributed by atoms with Gasteiger partial charge in [0, 0.05) is 18.7 Å². The Morgan fingerprint density at radius 2 is 2.03 bits per heavy atom. The zero-order chi connectivity index (χ0) is 23.5. The number of carbonyl (C=O) groups is 3. The largest absolute Gasteiger partial charge is 0.454 e. The fourth-order valence-electron chi connectivity index (χ4n) is 3.21. The highest BCUT2D eigenvalue weighted by molar-refractivity contribution is 7.12. The molecule has 1 aliphatic rings. The maximum absolute atomic E-state index is 13.2. The third-order valence-corrected chi connectivity index (χ3v) is 5.51. The Morgan fingerprint density at radius 3 is 2.66 bits per heavy atom. The number of halogens is 3. The van der Waals surface area contributed by atoms with E-state index in [1.807, 2.05) is 5.32 Å². The summed E-state index contributed by atoms with van der Waals surface area (Å²) in [5, 5.41) is 14.4. The first kappa shape index (κ1) is 23.2. The fourth-order valence-corrected chi connectivity index (χ4v) is 3.88. The quantitative estimate of drug-likeness (QED) is 0.392. The first-order chi connectivity index (χ1) is 15.1. The van der Waals surface area contributed by atoms with E-state index in [4.69, 9.17) is 4.74 Å². The Balaban J connectivity index is 1.63. The molecule has 32 heavy (non-hydrogen) atoms. The van der Waals surface area contributed by atoms with Crippen molar-refractivity contribution in [3.63, 3.8) is 0 Å². The number of non-ortho nitro benzene ring substituents is 1. The summed E-state index contributed by atoms with van der Waals surface area (Å²) >= 11 is 1.22. The molecule has 0 saturated carbocycles. The van der Waals surface area contributed by atoms with Crippen LogP contribution in [-0.4, -0.2) is 46.8 Å². The molecule has 0 bridgehead atoms. The molecule has 1 aromatic carbocycles. The van der Waals surface area contributed by atoms with Gasteiger partial charge in [-0.25, -0.2) is 4.79 Å². The van der Waals surface area contributed by atoms with Crippen molar-refractivity contribution in [3.8, 4) is 0 Å². The van der Waals surface area contributed by atoms with E-state index in [0.717, 1.165) is 12.1 Å². The number of nitro benzene ring substituents is 1. The number of carbonyl (C=O) groups excluding carboxylic acids is 3. The lowest BCUT2D eigenvalue weighted by molar-refractivity contribution is -0.385. The molecule has 1 fully saturated rings. The van der Waals surface area contributed by atoms with Gasteiger partial charge in [0.1, 0.15) is 6.04 Å². The number of rotatable bonds is 6. The van der Waals surface area contributed by atoms with E-state index in [2.05, 4.69) is 0 Å². The van der Waals surface area contributed by atoms with E-state index in [1.54, 1.807) is 17.5 Å². The average molecular weight is 471 g/mol. The number of esters is 1. The summed E-state index contributed by atoms with van der Waals surface area (Å²) < 4.78 is 44.5. The minimum atomic E-state index is -4.96. The van der Waals surface area contributed by atoms with Gasteiger partial charge in [-0.2, -0.15) is 13.2 Å². The van der Waals surface area contributed by atoms with E-state index in [0.29, 0.717) is 30.3 Å². The van der Waals surface area contributed by atoms with Crippen LogP contribution >= 0.6 is 11.3 Å². The molecular weight excluding hydrogens is 455 g/mol. The van der Waals surface area contributed by atoms with Crippen LogP contribution in [0.1, 0.15) is 28.1 Å². The standard InChI is InChI=1S/C19H16F3N3O6S/c20-19(21,22)12-9-11(25(29)30)5-6-13(12)23-16(26)10-31-18(28)14-3-1-7-24(14)17(27)15-4-2-8-32-15/h2,4-6,8-9,14H,1,3,7,10H2,(H,23,26)/t14-/m0/s1. The van der Waals surface area contributed by atoms with Gasteiger partial charge in [-0.05, 0) is 30.4 Å². The Morgan fingerprint density at radius 1 is 1.28 bits per heavy atom. The summed E-state index contributed by atoms with van der Waals surface area (Å²) in [5.41, 5.74) is -2.91. The van der Waals surface area contributed by atoms with Gasteiger partial charge in [-0.15, -0.1) is 11.3 Å². The highest BCUT2D eigenvalue weighted by Crippen LogP contribution is 2.37. The number of anilines is 1. The van der Waals surface area contributed by atoms with Crippen LogP contribution in [0.3, 0.4) is 0 Å². The molecule has 9 nitrogen and oxygen atoms in total. The maximum Gasteiger partial charge on any atom is 0.418 e. The van der Waals surface area contributed by atoms with E-state index in [9.17, 15) is 37.7 Å². The second kappa shape index (κ2) is 9.34. The molecule has 0 unspecified atom stereocenters. The second-order valence-electron chi connectivity index (χ2n) is 6.77. The Bertz CT molecular complexity index is 1040. The molecule has 3 rings (SSSR count). The van der Waals surface area contributed by atoms with Gasteiger partial charge in [-0.1, -0.05) is 6.07 Å². The van der Waals surface area contributed by atoms with E-state index in [1.165, 1.54) is 16.2 Å². The highest BCUT2D eigenvalue weighted by Gasteiger charge is 2.37. The summed E-state index contributed by atoms with van der Waals surface area (Å²) in [4.78, 5) is 48.5. The number of ether oxygens (including phenoxy) is 1. The number of nitrogens with zero attached hydrogens (tertiary/aromatic N) is 2. The van der Waals surface area contributed by atoms with Gasteiger partial charge in [-0.3, -0.25) is 19.7 Å². The molecule has 0 spiro atoms. The molecule has 2 aromatic rings. The van der Waals surface area contributed by atoms with Crippen molar-refractivity contribution in [2.45, 2.75) is 25.1 Å². The lowest BCUT2D eigenvalue weighted by Gasteiger charge is -2.22. The van der Waals surface area contributed by atoms with Crippen molar-refractivity contribution in [3.05, 3.63) is 56.3 Å². The monoisotopic (exact) mass is 471 g/mol. The molecule has 1 N–H and O–H groups in total. The van der Waals surface area contributed by atoms with E-state index in [-0.39, 0.29) is 5.91 Å². The Hall–Kier alpha value is -3.48. The number of thiophene rings is 1. The Kier molecular flexibility index (Phi) is 6.77. The van der Waals surface area contributed by atoms with Crippen molar-refractivity contribution in [1.29, 1.82) is 0 Å². The van der Waals surface area contributed by atoms with Crippen LogP contribution in [0.5, 0.6) is 0 Å². The summed E-state index contributed by atoms with van der Waals surface area (Å²) in [6.07, 6.45) is -4.07. The van der Waals surface area contributed by atoms with Crippen LogP contribution < -0.4 is 5.32 Å². The fraction of sp³-hybridized carbons (Fsp3) is 0.316. The van der Waals surface area contributed by atoms with Crippen LogP contribution in [0.15, 0.2) is 35.7 Å². The average Bonchev–Trinajstić information content (AvgIpc) is 3.43. The summed E-state index contributed by atoms with van der Waals surface area (Å²) in [6, 6.07) is 4.27. The van der Waals surface area contributed by atoms with Crippen LogP contribution in [0.2, 0.25) is 0 Å². The first-order valence-corrected chi connectivity index (χ1v) is 10.1. The van der Waals surface area contributed by atoms with Crippen LogP contribution in [0.25, 0.3) is 0 Å². The predicted octanol–water partition coefficient (Wildman–Crippen LogP) is 3.46. The number of hydrogen-bond donors (Lipinski definition) is 1. The smallest absolute Gasteiger partial charge is 0.418 e. The summed E-state index contributed by atoms with van der Waals surface area (Å²) in [6.45, 7) is -0.551. The molecule has 1 aromatic heterocycles. The maximum atomic E-state index is 13.2. The van der Waals surface area contributed by atoms with Crippen LogP contribution in [0, 0.1) is 10.1 Å². The van der Waals surface area contributed by atoms with Crippen molar-refractivity contribution < 1.29 is 37.2 Å². The molecule has 2 heterocycles. The minimum Gasteiger partial charge on any atom is -0.454 e. The van der Waals surface area contributed by atoms with Crippen molar-refractivity contribution in [2.24, 2.45) is 0 Å². The molecule has 1 saturated heterocycles. The lowest BCUT2D eigenvalue weighted by Crippen LogP contribution is -2.41. The number of likely N-dealkylation sites (tertiary alicyclic amines) is 1. The molecule has 13 heteroatoms. The molecule has 0 radical (unpaired) electrons. The van der Waals surface area contributed by atoms with E-state index >= 15 is 0 Å². The normalized spacial score (nSPS) is 16.0. The molecule has 2 amide bonds. The van der Waals surface area contributed by atoms with Gasteiger partial charge in [0.2, 0.25) is 0 Å². The van der Waals surface area contributed by atoms with Crippen molar-refractivity contribution >= 4 is 40.5 Å². The first-order valence-electron chi connectivity index (χ1n) is 9.24. The minimum absolute atomic E-state index is 0.300. The van der Waals surface area contributed by atoms with Crippen LogP contribution in [0.4, 0.5) is 24.5 Å². The SMILES string of the molecule is O=C(COC(=O)[C@@H]1CCCN1C(=O)c1cccs1)Nc1ccc([N+](=O)[O-])cc1C(F)(F)F. The number of amides is 2. The van der Waals surface area contributed by atoms with Gasteiger partial charge in [0.25, 0.3) is 17.5 Å². The number of hydrogen-bond acceptors (Lipinski definition) is 7. The molecular formula is C19H16F3N3O6S. The summed E-state index contributed by atoms with van der Waals surface area (Å²) in [5.74, 6) is -2.25. The number of alkyl halides is 3. The van der Waals surface area contributed by atoms with Crippen molar-refractivity contribution in [1.82, 2.24) is 4.90 Å². The third-order valence-electron chi connectivity index (χ3n) is 4.66. The second-order valence-corrected chi connectivity index (χ2v) is 7.72. The van der Waals surface area contributed by atoms with Crippen LogP contribution in [-0.2, 0) is 20.5 Å². The molecule has 1 atom stereocenters. The van der Waals surface area contributed by atoms with Crippen molar-refractivity contribution in [2.75, 3.05) is 18.5 Å². The summed E-state index contributed by atoms with van der Waals surface area (Å²) in [7, 11) is 0. The molecule has 170 valence electrons. The zero-order valence-corrected chi connectivity index (χ0v) is 17.1. The Labute approximate surface area is 182 Å². The third kappa shape index (κ3) is 5.22. The lowest BCUT2D eigenvalue weighted by atomic mass is 10.1. The molecule has 1 aliphatic heterocycles. The highest BCUT2D eigenvalue weighted by atomic mass is 32.1. The van der Waals surface area contributed by atoms with Gasteiger partial charge in [0.05, 0.1) is 21.1 Å². The van der Waals surface area contributed by atoms with Gasteiger partial charge < -0.3 is 15.0 Å². The number of benzene rings is 1. The zero-order valence-electron chi connectivity index (χ0n) is 16.3. The molecule has 0 aliphatic carbocycles. The number of nitrogens with one attached hydrogen (secondary N) is 1.